The molecule has 1 atom stereocenters. The summed E-state index contributed by atoms with van der Waals surface area (Å²) in [6, 6.07) is 6.27. The smallest absolute Gasteiger partial charge is 0.307 e. The molecule has 1 unspecified atom stereocenters. The highest BCUT2D eigenvalue weighted by molar-refractivity contribution is 7.89. The highest BCUT2D eigenvalue weighted by Crippen LogP contribution is 2.25. The Morgan fingerprint density at radius 1 is 1.50 bits per heavy atom. The van der Waals surface area contributed by atoms with Gasteiger partial charge in [-0.15, -0.1) is 0 Å². The van der Waals surface area contributed by atoms with E-state index in [0.717, 1.165) is 0 Å². The predicted octanol–water partition coefficient (Wildman–Crippen LogP) is 0.962. The van der Waals surface area contributed by atoms with Gasteiger partial charge >= 0.3 is 5.97 Å². The summed E-state index contributed by atoms with van der Waals surface area (Å²) in [5, 5.41) is 17.8. The van der Waals surface area contributed by atoms with E-state index in [4.69, 9.17) is 10.4 Å². The molecule has 0 saturated carbocycles. The molecule has 6 nitrogen and oxygen atoms in total. The van der Waals surface area contributed by atoms with Crippen molar-refractivity contribution in [2.75, 3.05) is 13.1 Å². The summed E-state index contributed by atoms with van der Waals surface area (Å²) in [6.07, 6.45) is 0.323. The summed E-state index contributed by atoms with van der Waals surface area (Å²) < 4.78 is 26.0. The summed E-state index contributed by atoms with van der Waals surface area (Å²) in [5.41, 5.74) is 1.01. The molecule has 0 spiro atoms. The first kappa shape index (κ1) is 14.5. The number of aryl methyl sites for hydroxylation is 1. The van der Waals surface area contributed by atoms with Crippen LogP contribution in [0, 0.1) is 24.2 Å². The predicted molar refractivity (Wildman–Crippen MR) is 70.4 cm³/mol. The van der Waals surface area contributed by atoms with E-state index in [0.29, 0.717) is 17.5 Å². The lowest BCUT2D eigenvalue weighted by atomic mass is 10.1. The minimum absolute atomic E-state index is 0.00326. The number of carboxylic acid groups (broad SMARTS) is 1. The molecule has 1 aliphatic rings. The Labute approximate surface area is 117 Å². The molecule has 20 heavy (non-hydrogen) atoms. The van der Waals surface area contributed by atoms with Gasteiger partial charge in [0, 0.05) is 13.1 Å². The monoisotopic (exact) mass is 294 g/mol. The van der Waals surface area contributed by atoms with Crippen molar-refractivity contribution in [2.24, 2.45) is 5.92 Å². The number of sulfonamides is 1. The Kier molecular flexibility index (Phi) is 3.79. The molecule has 0 amide bonds. The van der Waals surface area contributed by atoms with Gasteiger partial charge in [0.2, 0.25) is 10.0 Å². The van der Waals surface area contributed by atoms with E-state index in [1.54, 1.807) is 6.92 Å². The fraction of sp³-hybridized carbons (Fsp3) is 0.385. The van der Waals surface area contributed by atoms with Crippen LogP contribution in [0.2, 0.25) is 0 Å². The zero-order valence-corrected chi connectivity index (χ0v) is 11.7. The van der Waals surface area contributed by atoms with Gasteiger partial charge in [-0.25, -0.2) is 8.42 Å². The average molecular weight is 294 g/mol. The number of aliphatic carboxylic acids is 1. The molecule has 1 N–H and O–H groups in total. The fourth-order valence-corrected chi connectivity index (χ4v) is 3.81. The first-order chi connectivity index (χ1) is 9.36. The number of nitrogens with zero attached hydrogens (tertiary/aromatic N) is 2. The van der Waals surface area contributed by atoms with Crippen LogP contribution in [0.5, 0.6) is 0 Å². The van der Waals surface area contributed by atoms with Crippen LogP contribution >= 0.6 is 0 Å². The standard InChI is InChI=1S/C13H14N2O4S/c1-9-6-12(3-2-10(9)7-14)20(18,19)15-5-4-11(8-15)13(16)17/h2-3,6,11H,4-5,8H2,1H3,(H,16,17). The van der Waals surface area contributed by atoms with Gasteiger partial charge in [0.25, 0.3) is 0 Å². The maximum absolute atomic E-state index is 12.4. The summed E-state index contributed by atoms with van der Waals surface area (Å²) in [6.45, 7) is 1.87. The maximum Gasteiger partial charge on any atom is 0.307 e. The lowest BCUT2D eigenvalue weighted by molar-refractivity contribution is -0.141. The zero-order chi connectivity index (χ0) is 14.9. The number of carboxylic acids is 1. The van der Waals surface area contributed by atoms with Gasteiger partial charge in [-0.3, -0.25) is 4.79 Å². The summed E-state index contributed by atoms with van der Waals surface area (Å²) in [4.78, 5) is 11.0. The molecule has 1 aromatic carbocycles. The van der Waals surface area contributed by atoms with E-state index in [1.807, 2.05) is 6.07 Å². The zero-order valence-electron chi connectivity index (χ0n) is 10.9. The molecular formula is C13H14N2O4S. The van der Waals surface area contributed by atoms with Gasteiger partial charge in [-0.2, -0.15) is 9.57 Å². The van der Waals surface area contributed by atoms with E-state index in [1.165, 1.54) is 22.5 Å². The number of rotatable bonds is 3. The summed E-state index contributed by atoms with van der Waals surface area (Å²) >= 11 is 0. The van der Waals surface area contributed by atoms with Gasteiger partial charge < -0.3 is 5.11 Å². The Bertz CT molecular complexity index is 691. The van der Waals surface area contributed by atoms with Crippen molar-refractivity contribution in [3.63, 3.8) is 0 Å². The number of hydrogen-bond donors (Lipinski definition) is 1. The van der Waals surface area contributed by atoms with E-state index >= 15 is 0 Å². The maximum atomic E-state index is 12.4. The molecule has 106 valence electrons. The van der Waals surface area contributed by atoms with Gasteiger partial charge in [-0.1, -0.05) is 0 Å². The first-order valence-electron chi connectivity index (χ1n) is 6.10. The van der Waals surface area contributed by atoms with Crippen LogP contribution in [-0.2, 0) is 14.8 Å². The van der Waals surface area contributed by atoms with Crippen molar-refractivity contribution in [3.8, 4) is 6.07 Å². The van der Waals surface area contributed by atoms with Gasteiger partial charge in [-0.05, 0) is 37.1 Å². The molecule has 1 aliphatic heterocycles. The Balaban J connectivity index is 2.30. The third kappa shape index (κ3) is 2.53. The topological polar surface area (TPSA) is 98.5 Å². The molecule has 1 heterocycles. The Hall–Kier alpha value is -1.91. The van der Waals surface area contributed by atoms with E-state index < -0.39 is 21.9 Å². The summed E-state index contributed by atoms with van der Waals surface area (Å²) in [7, 11) is -3.69. The lowest BCUT2D eigenvalue weighted by Gasteiger charge is -2.16. The molecule has 1 fully saturated rings. The molecule has 1 saturated heterocycles. The van der Waals surface area contributed by atoms with Crippen LogP contribution in [0.1, 0.15) is 17.5 Å². The molecular weight excluding hydrogens is 280 g/mol. The molecule has 0 aromatic heterocycles. The second kappa shape index (κ2) is 5.23. The number of benzene rings is 1. The van der Waals surface area contributed by atoms with E-state index in [9.17, 15) is 13.2 Å². The van der Waals surface area contributed by atoms with Gasteiger partial charge in [0.15, 0.2) is 0 Å². The Morgan fingerprint density at radius 2 is 2.20 bits per heavy atom. The second-order valence-electron chi connectivity index (χ2n) is 4.78. The van der Waals surface area contributed by atoms with Crippen molar-refractivity contribution < 1.29 is 18.3 Å². The molecule has 1 aromatic rings. The van der Waals surface area contributed by atoms with Crippen LogP contribution in [0.3, 0.4) is 0 Å². The molecule has 0 radical (unpaired) electrons. The molecule has 7 heteroatoms. The second-order valence-corrected chi connectivity index (χ2v) is 6.71. The SMILES string of the molecule is Cc1cc(S(=O)(=O)N2CCC(C(=O)O)C2)ccc1C#N. The summed E-state index contributed by atoms with van der Waals surface area (Å²) in [5.74, 6) is -1.62. The molecule has 0 bridgehead atoms. The van der Waals surface area contributed by atoms with Crippen LogP contribution in [0.15, 0.2) is 23.1 Å². The van der Waals surface area contributed by atoms with Crippen molar-refractivity contribution in [3.05, 3.63) is 29.3 Å². The van der Waals surface area contributed by atoms with Crippen LogP contribution in [0.25, 0.3) is 0 Å². The normalized spacial score (nSPS) is 19.7. The Morgan fingerprint density at radius 3 is 2.70 bits per heavy atom. The van der Waals surface area contributed by atoms with Crippen molar-refractivity contribution >= 4 is 16.0 Å². The van der Waals surface area contributed by atoms with Crippen LogP contribution < -0.4 is 0 Å². The quantitative estimate of drug-likeness (QED) is 0.895. The first-order valence-corrected chi connectivity index (χ1v) is 7.54. The fourth-order valence-electron chi connectivity index (χ4n) is 2.22. The van der Waals surface area contributed by atoms with Crippen LogP contribution in [-0.4, -0.2) is 36.9 Å². The minimum Gasteiger partial charge on any atom is -0.481 e. The third-order valence-electron chi connectivity index (χ3n) is 3.46. The van der Waals surface area contributed by atoms with E-state index in [2.05, 4.69) is 0 Å². The van der Waals surface area contributed by atoms with Crippen molar-refractivity contribution in [1.29, 1.82) is 5.26 Å². The highest BCUT2D eigenvalue weighted by atomic mass is 32.2. The van der Waals surface area contributed by atoms with Gasteiger partial charge in [0.05, 0.1) is 22.4 Å². The van der Waals surface area contributed by atoms with E-state index in [-0.39, 0.29) is 18.0 Å². The third-order valence-corrected chi connectivity index (χ3v) is 5.32. The number of carbonyl (C=O) groups is 1. The van der Waals surface area contributed by atoms with Crippen LogP contribution in [0.4, 0.5) is 0 Å². The highest BCUT2D eigenvalue weighted by Gasteiger charge is 2.35. The number of hydrogen-bond acceptors (Lipinski definition) is 4. The molecule has 0 aliphatic carbocycles. The van der Waals surface area contributed by atoms with Crippen molar-refractivity contribution in [1.82, 2.24) is 4.31 Å². The number of nitriles is 1. The van der Waals surface area contributed by atoms with Crippen molar-refractivity contribution in [2.45, 2.75) is 18.2 Å². The lowest BCUT2D eigenvalue weighted by Crippen LogP contribution is -2.30. The molecule has 2 rings (SSSR count). The van der Waals surface area contributed by atoms with Gasteiger partial charge in [0.1, 0.15) is 0 Å². The minimum atomic E-state index is -3.69. The largest absolute Gasteiger partial charge is 0.481 e. The average Bonchev–Trinajstić information content (AvgIpc) is 2.89.